The lowest BCUT2D eigenvalue weighted by atomic mass is 10.1. The van der Waals surface area contributed by atoms with E-state index in [-0.39, 0.29) is 17.3 Å². The van der Waals surface area contributed by atoms with Crippen LogP contribution < -0.4 is 10.6 Å². The molecule has 1 aromatic carbocycles. The number of nitro groups is 1. The minimum Gasteiger partial charge on any atom is -0.334 e. The van der Waals surface area contributed by atoms with E-state index < -0.39 is 4.92 Å². The molecule has 0 aliphatic carbocycles. The lowest BCUT2D eigenvalue weighted by molar-refractivity contribution is -0.383. The summed E-state index contributed by atoms with van der Waals surface area (Å²) in [5, 5.41) is 19.7. The van der Waals surface area contributed by atoms with Crippen molar-refractivity contribution in [2.45, 2.75) is 13.8 Å². The molecule has 0 radical (unpaired) electrons. The van der Waals surface area contributed by atoms with Crippen LogP contribution in [0.25, 0.3) is 0 Å². The van der Waals surface area contributed by atoms with Crippen molar-refractivity contribution in [2.75, 3.05) is 10.6 Å². The Balaban J connectivity index is 1.99. The quantitative estimate of drug-likeness (QED) is 0.534. The topological polar surface area (TPSA) is 106 Å². The van der Waals surface area contributed by atoms with Crippen LogP contribution in [0.1, 0.15) is 11.1 Å². The highest BCUT2D eigenvalue weighted by Gasteiger charge is 2.24. The fourth-order valence-corrected chi connectivity index (χ4v) is 2.73. The highest BCUT2D eigenvalue weighted by molar-refractivity contribution is 7.13. The molecule has 0 saturated heterocycles. The molecule has 2 aromatic heterocycles. The summed E-state index contributed by atoms with van der Waals surface area (Å²) < 4.78 is 0. The average Bonchev–Trinajstić information content (AvgIpc) is 3.03. The molecule has 3 rings (SSSR count). The summed E-state index contributed by atoms with van der Waals surface area (Å²) in [6, 6.07) is 5.78. The Bertz CT molecular complexity index is 882. The number of nitrogens with zero attached hydrogens (tertiary/aromatic N) is 4. The predicted octanol–water partition coefficient (Wildman–Crippen LogP) is 3.95. The van der Waals surface area contributed by atoms with E-state index in [9.17, 15) is 10.1 Å². The zero-order valence-electron chi connectivity index (χ0n) is 13.0. The van der Waals surface area contributed by atoms with Crippen molar-refractivity contribution in [3.63, 3.8) is 0 Å². The first-order valence-electron chi connectivity index (χ1n) is 7.05. The van der Waals surface area contributed by atoms with Crippen LogP contribution in [0.2, 0.25) is 0 Å². The number of nitrogens with one attached hydrogen (secondary N) is 2. The molecule has 0 spiro atoms. The number of benzene rings is 1. The lowest BCUT2D eigenvalue weighted by Gasteiger charge is -2.11. The first-order chi connectivity index (χ1) is 11.5. The second-order valence-electron chi connectivity index (χ2n) is 5.08. The van der Waals surface area contributed by atoms with Gasteiger partial charge in [-0.15, -0.1) is 11.3 Å². The van der Waals surface area contributed by atoms with Crippen LogP contribution in [0.4, 0.5) is 28.1 Å². The third-order valence-corrected chi connectivity index (χ3v) is 3.99. The normalized spacial score (nSPS) is 10.4. The van der Waals surface area contributed by atoms with Crippen molar-refractivity contribution in [2.24, 2.45) is 0 Å². The van der Waals surface area contributed by atoms with E-state index >= 15 is 0 Å². The van der Waals surface area contributed by atoms with Crippen molar-refractivity contribution >= 4 is 39.5 Å². The third-order valence-electron chi connectivity index (χ3n) is 3.30. The molecule has 2 heterocycles. The maximum atomic E-state index is 11.5. The van der Waals surface area contributed by atoms with Crippen LogP contribution in [0.5, 0.6) is 0 Å². The highest BCUT2D eigenvalue weighted by atomic mass is 32.1. The summed E-state index contributed by atoms with van der Waals surface area (Å²) in [4.78, 5) is 23.1. The number of anilines is 4. The molecule has 0 saturated carbocycles. The molecule has 2 N–H and O–H groups in total. The molecule has 0 aliphatic heterocycles. The molecule has 8 nitrogen and oxygen atoms in total. The van der Waals surface area contributed by atoms with Crippen molar-refractivity contribution in [3.8, 4) is 0 Å². The maximum Gasteiger partial charge on any atom is 0.353 e. The van der Waals surface area contributed by atoms with Gasteiger partial charge < -0.3 is 10.6 Å². The Morgan fingerprint density at radius 2 is 1.88 bits per heavy atom. The second kappa shape index (κ2) is 6.59. The Morgan fingerprint density at radius 3 is 2.50 bits per heavy atom. The molecule has 0 amide bonds. The van der Waals surface area contributed by atoms with E-state index in [2.05, 4.69) is 25.6 Å². The van der Waals surface area contributed by atoms with Crippen LogP contribution in [0.3, 0.4) is 0 Å². The zero-order chi connectivity index (χ0) is 17.1. The molecule has 0 atom stereocenters. The molecule has 0 bridgehead atoms. The minimum absolute atomic E-state index is 0.0946. The molecule has 122 valence electrons. The van der Waals surface area contributed by atoms with E-state index in [1.807, 2.05) is 32.0 Å². The summed E-state index contributed by atoms with van der Waals surface area (Å²) in [7, 11) is 0. The summed E-state index contributed by atoms with van der Waals surface area (Å²) in [6.45, 7) is 3.91. The van der Waals surface area contributed by atoms with Gasteiger partial charge in [0.15, 0.2) is 5.13 Å². The number of hydrogen-bond donors (Lipinski definition) is 2. The fourth-order valence-electron chi connectivity index (χ4n) is 2.20. The van der Waals surface area contributed by atoms with E-state index in [4.69, 9.17) is 0 Å². The minimum atomic E-state index is -0.512. The Hall–Kier alpha value is -3.07. The monoisotopic (exact) mass is 342 g/mol. The molecule has 0 aliphatic rings. The van der Waals surface area contributed by atoms with Gasteiger partial charge in [0, 0.05) is 17.3 Å². The van der Waals surface area contributed by atoms with Gasteiger partial charge in [0.2, 0.25) is 11.6 Å². The van der Waals surface area contributed by atoms with Gasteiger partial charge in [0.1, 0.15) is 6.33 Å². The number of hydrogen-bond acceptors (Lipinski definition) is 8. The van der Waals surface area contributed by atoms with Gasteiger partial charge in [-0.25, -0.2) is 15.0 Å². The summed E-state index contributed by atoms with van der Waals surface area (Å²) >= 11 is 1.33. The van der Waals surface area contributed by atoms with Crippen LogP contribution in [-0.4, -0.2) is 19.9 Å². The number of aromatic nitrogens is 3. The third kappa shape index (κ3) is 3.30. The Kier molecular flexibility index (Phi) is 4.34. The molecular weight excluding hydrogens is 328 g/mol. The van der Waals surface area contributed by atoms with E-state index in [0.29, 0.717) is 5.13 Å². The number of thiazole rings is 1. The first kappa shape index (κ1) is 15.8. The Morgan fingerprint density at radius 1 is 1.12 bits per heavy atom. The van der Waals surface area contributed by atoms with E-state index in [1.165, 1.54) is 17.7 Å². The standard InChI is InChI=1S/C15H14N6O2S/c1-9-3-4-11(10(2)7-9)19-13-12(21(22)23)14(18-8-17-13)20-15-16-5-6-24-15/h3-8H,1-2H3,(H2,16,17,18,19,20). The molecule has 3 aromatic rings. The molecule has 9 heteroatoms. The first-order valence-corrected chi connectivity index (χ1v) is 7.93. The smallest absolute Gasteiger partial charge is 0.334 e. The van der Waals surface area contributed by atoms with Crippen LogP contribution in [0.15, 0.2) is 36.1 Å². The summed E-state index contributed by atoms with van der Waals surface area (Å²) in [5.74, 6) is 0.221. The van der Waals surface area contributed by atoms with Gasteiger partial charge >= 0.3 is 5.69 Å². The molecule has 0 fully saturated rings. The number of aryl methyl sites for hydroxylation is 2. The van der Waals surface area contributed by atoms with Gasteiger partial charge in [0.05, 0.1) is 4.92 Å². The average molecular weight is 342 g/mol. The second-order valence-corrected chi connectivity index (χ2v) is 5.98. The Labute approximate surface area is 141 Å². The van der Waals surface area contributed by atoms with Crippen LogP contribution in [0, 0.1) is 24.0 Å². The highest BCUT2D eigenvalue weighted by Crippen LogP contribution is 2.34. The maximum absolute atomic E-state index is 11.5. The van der Waals surface area contributed by atoms with Gasteiger partial charge in [0.25, 0.3) is 0 Å². The SMILES string of the molecule is Cc1ccc(Nc2ncnc(Nc3nccs3)c2[N+](=O)[O-])c(C)c1. The van der Waals surface area contributed by atoms with E-state index in [1.54, 1.807) is 11.6 Å². The molecule has 24 heavy (non-hydrogen) atoms. The van der Waals surface area contributed by atoms with Crippen molar-refractivity contribution in [1.82, 2.24) is 15.0 Å². The van der Waals surface area contributed by atoms with Gasteiger partial charge in [-0.1, -0.05) is 17.7 Å². The van der Waals surface area contributed by atoms with Gasteiger partial charge in [-0.2, -0.15) is 0 Å². The van der Waals surface area contributed by atoms with Gasteiger partial charge in [-0.05, 0) is 25.5 Å². The largest absolute Gasteiger partial charge is 0.353 e. The van der Waals surface area contributed by atoms with Gasteiger partial charge in [-0.3, -0.25) is 10.1 Å². The van der Waals surface area contributed by atoms with E-state index in [0.717, 1.165) is 16.8 Å². The van der Waals surface area contributed by atoms with Crippen molar-refractivity contribution < 1.29 is 4.92 Å². The zero-order valence-corrected chi connectivity index (χ0v) is 13.8. The lowest BCUT2D eigenvalue weighted by Crippen LogP contribution is -2.06. The fraction of sp³-hybridized carbons (Fsp3) is 0.133. The molecule has 0 unspecified atom stereocenters. The predicted molar refractivity (Wildman–Crippen MR) is 93.3 cm³/mol. The summed E-state index contributed by atoms with van der Waals surface area (Å²) in [6.07, 6.45) is 2.88. The van der Waals surface area contributed by atoms with Crippen LogP contribution in [-0.2, 0) is 0 Å². The number of rotatable bonds is 5. The van der Waals surface area contributed by atoms with Crippen LogP contribution >= 0.6 is 11.3 Å². The van der Waals surface area contributed by atoms with Crippen molar-refractivity contribution in [3.05, 3.63) is 57.3 Å². The molecular formula is C15H14N6O2S. The summed E-state index contributed by atoms with van der Waals surface area (Å²) in [5.41, 5.74) is 2.61. The van der Waals surface area contributed by atoms with Crippen molar-refractivity contribution in [1.29, 1.82) is 0 Å².